The van der Waals surface area contributed by atoms with Gasteiger partial charge >= 0.3 is 0 Å². The van der Waals surface area contributed by atoms with Crippen molar-refractivity contribution < 1.29 is 4.79 Å². The Morgan fingerprint density at radius 2 is 1.69 bits per heavy atom. The average molecular weight is 187 g/mol. The molecule has 13 heavy (non-hydrogen) atoms. The van der Waals surface area contributed by atoms with Crippen molar-refractivity contribution in [3.63, 3.8) is 0 Å². The Balaban J connectivity index is 2.83. The maximum atomic E-state index is 11.1. The Kier molecular flexibility index (Phi) is 1.99. The lowest BCUT2D eigenvalue weighted by Gasteiger charge is -2.00. The Morgan fingerprint density at radius 3 is 2.46 bits per heavy atom. The predicted molar refractivity (Wildman–Crippen MR) is 55.9 cm³/mol. The maximum absolute atomic E-state index is 11.1. The molecular formula is C11H7OS. The Hall–Kier alpha value is -1.41. The highest BCUT2D eigenvalue weighted by Gasteiger charge is 2.04. The van der Waals surface area contributed by atoms with Gasteiger partial charge in [-0.25, -0.2) is 0 Å². The molecule has 1 nitrogen and oxygen atoms in total. The first kappa shape index (κ1) is 8.20. The standard InChI is InChI=1S/C11H7OS/c12-11(13)10-7-3-5-8-4-1-2-6-9(8)10/h1-7H. The molecule has 1 radical (unpaired) electrons. The van der Waals surface area contributed by atoms with E-state index in [0.717, 1.165) is 10.8 Å². The van der Waals surface area contributed by atoms with Crippen LogP contribution < -0.4 is 0 Å². The van der Waals surface area contributed by atoms with Crippen molar-refractivity contribution in [3.8, 4) is 0 Å². The van der Waals surface area contributed by atoms with Crippen molar-refractivity contribution in [3.05, 3.63) is 48.0 Å². The molecule has 0 aromatic heterocycles. The molecule has 0 heterocycles. The summed E-state index contributed by atoms with van der Waals surface area (Å²) in [5.41, 5.74) is 0.619. The molecule has 2 heteroatoms. The summed E-state index contributed by atoms with van der Waals surface area (Å²) < 4.78 is 0. The Morgan fingerprint density at radius 1 is 1.00 bits per heavy atom. The van der Waals surface area contributed by atoms with Gasteiger partial charge in [0.25, 0.3) is 0 Å². The summed E-state index contributed by atoms with van der Waals surface area (Å²) in [7, 11) is 0. The van der Waals surface area contributed by atoms with Crippen molar-refractivity contribution in [1.29, 1.82) is 0 Å². The van der Waals surface area contributed by atoms with Gasteiger partial charge in [0.2, 0.25) is 5.12 Å². The van der Waals surface area contributed by atoms with Crippen molar-refractivity contribution in [1.82, 2.24) is 0 Å². The van der Waals surface area contributed by atoms with Crippen LogP contribution in [0.5, 0.6) is 0 Å². The first-order valence-electron chi connectivity index (χ1n) is 3.98. The first-order chi connectivity index (χ1) is 6.29. The summed E-state index contributed by atoms with van der Waals surface area (Å²) in [4.78, 5) is 11.1. The van der Waals surface area contributed by atoms with Gasteiger partial charge in [-0.3, -0.25) is 4.79 Å². The van der Waals surface area contributed by atoms with Crippen molar-refractivity contribution >= 4 is 28.5 Å². The molecule has 0 amide bonds. The second-order valence-corrected chi connectivity index (χ2v) is 3.18. The number of carbonyl (C=O) groups is 1. The normalized spacial score (nSPS) is 10.2. The van der Waals surface area contributed by atoms with E-state index in [2.05, 4.69) is 12.6 Å². The van der Waals surface area contributed by atoms with Crippen LogP contribution in [0.4, 0.5) is 0 Å². The SMILES string of the molecule is O=C([S])c1cccc2ccccc12. The zero-order chi connectivity index (χ0) is 9.26. The van der Waals surface area contributed by atoms with Crippen LogP contribution in [0.2, 0.25) is 0 Å². The molecule has 0 fully saturated rings. The van der Waals surface area contributed by atoms with Gasteiger partial charge in [-0.2, -0.15) is 0 Å². The fourth-order valence-corrected chi connectivity index (χ4v) is 1.58. The first-order valence-corrected chi connectivity index (χ1v) is 4.39. The second kappa shape index (κ2) is 3.15. The molecule has 0 spiro atoms. The second-order valence-electron chi connectivity index (χ2n) is 2.81. The quantitative estimate of drug-likeness (QED) is 0.670. The highest BCUT2D eigenvalue weighted by atomic mass is 32.1. The molecule has 0 aliphatic heterocycles. The van der Waals surface area contributed by atoms with E-state index in [4.69, 9.17) is 0 Å². The van der Waals surface area contributed by atoms with Crippen LogP contribution in [0.15, 0.2) is 42.5 Å². The molecule has 2 rings (SSSR count). The van der Waals surface area contributed by atoms with Crippen molar-refractivity contribution in [2.75, 3.05) is 0 Å². The topological polar surface area (TPSA) is 17.1 Å². The molecule has 0 saturated carbocycles. The summed E-state index contributed by atoms with van der Waals surface area (Å²) in [6, 6.07) is 13.3. The molecule has 0 unspecified atom stereocenters. The van der Waals surface area contributed by atoms with E-state index < -0.39 is 0 Å². The lowest BCUT2D eigenvalue weighted by Crippen LogP contribution is -1.89. The van der Waals surface area contributed by atoms with Gasteiger partial charge in [0, 0.05) is 5.56 Å². The minimum atomic E-state index is -0.295. The van der Waals surface area contributed by atoms with Gasteiger partial charge < -0.3 is 0 Å². The molecular weight excluding hydrogens is 180 g/mol. The van der Waals surface area contributed by atoms with Crippen LogP contribution in [-0.2, 0) is 0 Å². The third kappa shape index (κ3) is 1.40. The van der Waals surface area contributed by atoms with Crippen LogP contribution in [-0.4, -0.2) is 5.12 Å². The number of fused-ring (bicyclic) bond motifs is 1. The van der Waals surface area contributed by atoms with Gasteiger partial charge in [-0.15, -0.1) is 0 Å². The minimum Gasteiger partial charge on any atom is -0.276 e. The van der Waals surface area contributed by atoms with Gasteiger partial charge in [-0.1, -0.05) is 36.4 Å². The molecule has 0 bridgehead atoms. The minimum absolute atomic E-state index is 0.295. The average Bonchev–Trinajstić information content (AvgIpc) is 2.17. The van der Waals surface area contributed by atoms with E-state index in [1.54, 1.807) is 6.07 Å². The highest BCUT2D eigenvalue weighted by molar-refractivity contribution is 7.97. The number of rotatable bonds is 1. The lowest BCUT2D eigenvalue weighted by atomic mass is 10.1. The summed E-state index contributed by atoms with van der Waals surface area (Å²) in [5.74, 6) is 0. The molecule has 2 aromatic carbocycles. The van der Waals surface area contributed by atoms with Crippen LogP contribution in [0.25, 0.3) is 10.8 Å². The smallest absolute Gasteiger partial charge is 0.250 e. The summed E-state index contributed by atoms with van der Waals surface area (Å²) in [5, 5.41) is 1.69. The van der Waals surface area contributed by atoms with Crippen LogP contribution in [0.3, 0.4) is 0 Å². The van der Waals surface area contributed by atoms with Gasteiger partial charge in [0.05, 0.1) is 0 Å². The number of hydrogen-bond acceptors (Lipinski definition) is 1. The fourth-order valence-electron chi connectivity index (χ4n) is 1.40. The number of hydrogen-bond donors (Lipinski definition) is 0. The molecule has 0 saturated heterocycles. The molecule has 0 aliphatic rings. The lowest BCUT2D eigenvalue weighted by molar-refractivity contribution is 0.109. The third-order valence-electron chi connectivity index (χ3n) is 2.01. The molecule has 63 valence electrons. The summed E-state index contributed by atoms with van der Waals surface area (Å²) in [6.07, 6.45) is 0. The largest absolute Gasteiger partial charge is 0.276 e. The van der Waals surface area contributed by atoms with E-state index in [9.17, 15) is 4.79 Å². The highest BCUT2D eigenvalue weighted by Crippen LogP contribution is 2.19. The van der Waals surface area contributed by atoms with Crippen molar-refractivity contribution in [2.45, 2.75) is 0 Å². The zero-order valence-electron chi connectivity index (χ0n) is 6.86. The fraction of sp³-hybridized carbons (Fsp3) is 0. The third-order valence-corrected chi connectivity index (χ3v) is 2.23. The molecule has 0 N–H and O–H groups in total. The summed E-state index contributed by atoms with van der Waals surface area (Å²) in [6.45, 7) is 0. The van der Waals surface area contributed by atoms with E-state index in [1.165, 1.54) is 0 Å². The predicted octanol–water partition coefficient (Wildman–Crippen LogP) is 3.18. The van der Waals surface area contributed by atoms with E-state index >= 15 is 0 Å². The van der Waals surface area contributed by atoms with E-state index in [1.807, 2.05) is 36.4 Å². The van der Waals surface area contributed by atoms with Crippen molar-refractivity contribution in [2.24, 2.45) is 0 Å². The van der Waals surface area contributed by atoms with E-state index in [-0.39, 0.29) is 5.12 Å². The van der Waals surface area contributed by atoms with Crippen LogP contribution in [0, 0.1) is 0 Å². The monoisotopic (exact) mass is 187 g/mol. The Bertz CT molecular complexity index is 457. The van der Waals surface area contributed by atoms with Crippen LogP contribution in [0.1, 0.15) is 10.4 Å². The van der Waals surface area contributed by atoms with Gasteiger partial charge in [0.15, 0.2) is 0 Å². The zero-order valence-corrected chi connectivity index (χ0v) is 7.67. The summed E-state index contributed by atoms with van der Waals surface area (Å²) >= 11 is 4.63. The van der Waals surface area contributed by atoms with Gasteiger partial charge in [-0.05, 0) is 29.5 Å². The number of benzene rings is 2. The Labute approximate surface area is 81.8 Å². The van der Waals surface area contributed by atoms with Crippen LogP contribution >= 0.6 is 12.6 Å². The molecule has 2 aromatic rings. The number of carbonyl (C=O) groups excluding carboxylic acids is 1. The van der Waals surface area contributed by atoms with Gasteiger partial charge in [0.1, 0.15) is 0 Å². The maximum Gasteiger partial charge on any atom is 0.250 e. The molecule has 0 atom stereocenters. The van der Waals surface area contributed by atoms with E-state index in [0.29, 0.717) is 5.56 Å². The molecule has 0 aliphatic carbocycles.